The smallest absolute Gasteiger partial charge is 0.0944 e. The second-order valence-electron chi connectivity index (χ2n) is 6.56. The van der Waals surface area contributed by atoms with Gasteiger partial charge in [-0.3, -0.25) is 14.3 Å². The van der Waals surface area contributed by atoms with Crippen LogP contribution in [0.2, 0.25) is 0 Å². The van der Waals surface area contributed by atoms with Crippen molar-refractivity contribution in [3.8, 4) is 0 Å². The lowest BCUT2D eigenvalue weighted by atomic mass is 10.2. The molecular formula is C18H26N6OS2. The average Bonchev–Trinajstić information content (AvgIpc) is 3.42. The van der Waals surface area contributed by atoms with Gasteiger partial charge in [0.15, 0.2) is 0 Å². The van der Waals surface area contributed by atoms with Gasteiger partial charge in [-0.1, -0.05) is 12.2 Å². The molecule has 2 heterocycles. The van der Waals surface area contributed by atoms with Crippen molar-refractivity contribution in [2.75, 3.05) is 19.3 Å². The van der Waals surface area contributed by atoms with Crippen molar-refractivity contribution in [3.05, 3.63) is 48.2 Å². The quantitative estimate of drug-likeness (QED) is 0.585. The number of aliphatic hydroxyl groups excluding tert-OH is 1. The second kappa shape index (κ2) is 10.0. The average molecular weight is 407 g/mol. The van der Waals surface area contributed by atoms with Crippen LogP contribution >= 0.6 is 24.0 Å². The van der Waals surface area contributed by atoms with Gasteiger partial charge in [-0.25, -0.2) is 0 Å². The van der Waals surface area contributed by atoms with Gasteiger partial charge in [-0.2, -0.15) is 10.2 Å². The summed E-state index contributed by atoms with van der Waals surface area (Å²) >= 11 is 7.06. The maximum absolute atomic E-state index is 10.6. The summed E-state index contributed by atoms with van der Waals surface area (Å²) in [6.45, 7) is 2.20. The van der Waals surface area contributed by atoms with Crippen molar-refractivity contribution >= 4 is 28.2 Å². The summed E-state index contributed by atoms with van der Waals surface area (Å²) < 4.78 is 4.65. The van der Waals surface area contributed by atoms with Crippen LogP contribution in [0.25, 0.3) is 0 Å². The lowest BCUT2D eigenvalue weighted by Crippen LogP contribution is -2.40. The Hall–Kier alpha value is -1.68. The summed E-state index contributed by atoms with van der Waals surface area (Å²) in [5.74, 6) is 0. The number of nitrogens with zero attached hydrogens (tertiary/aromatic N) is 5. The zero-order valence-corrected chi connectivity index (χ0v) is 17.1. The number of thiocarbonyl (C=S) groups is 1. The third-order valence-corrected chi connectivity index (χ3v) is 5.84. The zero-order valence-electron chi connectivity index (χ0n) is 15.5. The molecule has 9 heteroatoms. The van der Waals surface area contributed by atoms with Crippen LogP contribution in [0.15, 0.2) is 48.2 Å². The standard InChI is InChI=1S/C18H26N6OS2/c1-27-18(26)16-5-2-6-17(16)19-11-15(25)12-22(13-23-9-3-7-20-23)14-24-10-4-8-21-24/h3-4,7-10,15,19,25H,2,5-6,11-14H2,1H3. The zero-order chi connectivity index (χ0) is 19.1. The predicted octanol–water partition coefficient (Wildman–Crippen LogP) is 2.08. The molecule has 1 aliphatic carbocycles. The van der Waals surface area contributed by atoms with Crippen molar-refractivity contribution in [2.45, 2.75) is 38.7 Å². The normalized spacial score (nSPS) is 15.5. The van der Waals surface area contributed by atoms with E-state index in [1.807, 2.05) is 40.1 Å². The van der Waals surface area contributed by atoms with Crippen molar-refractivity contribution in [1.82, 2.24) is 29.8 Å². The summed E-state index contributed by atoms with van der Waals surface area (Å²) in [6.07, 6.45) is 12.0. The molecule has 0 amide bonds. The molecule has 0 radical (unpaired) electrons. The highest BCUT2D eigenvalue weighted by Crippen LogP contribution is 2.28. The lowest BCUT2D eigenvalue weighted by Gasteiger charge is -2.25. The Morgan fingerprint density at radius 3 is 2.48 bits per heavy atom. The van der Waals surface area contributed by atoms with Crippen LogP contribution in [-0.4, -0.2) is 59.2 Å². The highest BCUT2D eigenvalue weighted by molar-refractivity contribution is 8.23. The maximum atomic E-state index is 10.6. The molecular weight excluding hydrogens is 380 g/mol. The van der Waals surface area contributed by atoms with Gasteiger partial charge in [-0.05, 0) is 43.2 Å². The number of rotatable bonds is 10. The first-order valence-electron chi connectivity index (χ1n) is 9.05. The Kier molecular flexibility index (Phi) is 7.45. The fraction of sp³-hybridized carbons (Fsp3) is 0.500. The summed E-state index contributed by atoms with van der Waals surface area (Å²) in [5, 5.41) is 22.6. The summed E-state index contributed by atoms with van der Waals surface area (Å²) in [6, 6.07) is 3.79. The fourth-order valence-corrected chi connectivity index (χ4v) is 3.93. The second-order valence-corrected chi connectivity index (χ2v) is 8.05. The van der Waals surface area contributed by atoms with Gasteiger partial charge in [0, 0.05) is 43.6 Å². The van der Waals surface area contributed by atoms with E-state index >= 15 is 0 Å². The molecule has 3 rings (SSSR count). The molecule has 1 aliphatic rings. The van der Waals surface area contributed by atoms with E-state index in [4.69, 9.17) is 12.2 Å². The van der Waals surface area contributed by atoms with Crippen molar-refractivity contribution in [3.63, 3.8) is 0 Å². The monoisotopic (exact) mass is 406 g/mol. The Morgan fingerprint density at radius 1 is 1.26 bits per heavy atom. The molecule has 0 saturated heterocycles. The Bertz CT molecular complexity index is 708. The molecule has 2 aromatic heterocycles. The molecule has 1 unspecified atom stereocenters. The first-order valence-corrected chi connectivity index (χ1v) is 10.7. The summed E-state index contributed by atoms with van der Waals surface area (Å²) in [7, 11) is 0. The molecule has 1 atom stereocenters. The number of hydrogen-bond acceptors (Lipinski definition) is 7. The van der Waals surface area contributed by atoms with Gasteiger partial charge in [-0.15, -0.1) is 11.8 Å². The van der Waals surface area contributed by atoms with Crippen LogP contribution in [0.3, 0.4) is 0 Å². The molecule has 0 bridgehead atoms. The van der Waals surface area contributed by atoms with Gasteiger partial charge in [0.2, 0.25) is 0 Å². The van der Waals surface area contributed by atoms with E-state index in [9.17, 15) is 5.11 Å². The first kappa shape index (κ1) is 20.1. The largest absolute Gasteiger partial charge is 0.390 e. The van der Waals surface area contributed by atoms with Gasteiger partial charge < -0.3 is 10.4 Å². The van der Waals surface area contributed by atoms with E-state index in [1.54, 1.807) is 24.2 Å². The molecule has 27 heavy (non-hydrogen) atoms. The van der Waals surface area contributed by atoms with E-state index < -0.39 is 6.10 Å². The van der Waals surface area contributed by atoms with Gasteiger partial charge in [0.1, 0.15) is 0 Å². The minimum atomic E-state index is -0.506. The highest BCUT2D eigenvalue weighted by Gasteiger charge is 2.19. The number of aromatic nitrogens is 4. The Morgan fingerprint density at radius 2 is 1.93 bits per heavy atom. The third-order valence-electron chi connectivity index (χ3n) is 4.48. The number of nitrogens with one attached hydrogen (secondary N) is 1. The van der Waals surface area contributed by atoms with Crippen molar-refractivity contribution in [2.24, 2.45) is 0 Å². The minimum absolute atomic E-state index is 0.505. The predicted molar refractivity (Wildman–Crippen MR) is 112 cm³/mol. The van der Waals surface area contributed by atoms with Crippen molar-refractivity contribution in [1.29, 1.82) is 0 Å². The highest BCUT2D eigenvalue weighted by atomic mass is 32.2. The van der Waals surface area contributed by atoms with Crippen LogP contribution in [0, 0.1) is 0 Å². The number of hydrogen-bond donors (Lipinski definition) is 2. The number of allylic oxidation sites excluding steroid dienone is 1. The van der Waals surface area contributed by atoms with Crippen LogP contribution in [0.4, 0.5) is 0 Å². The van der Waals surface area contributed by atoms with Crippen molar-refractivity contribution < 1.29 is 5.11 Å². The van der Waals surface area contributed by atoms with E-state index in [-0.39, 0.29) is 0 Å². The van der Waals surface area contributed by atoms with Gasteiger partial charge in [0.25, 0.3) is 0 Å². The van der Waals surface area contributed by atoms with E-state index in [0.29, 0.717) is 26.4 Å². The molecule has 0 saturated carbocycles. The third kappa shape index (κ3) is 5.90. The molecule has 0 aliphatic heterocycles. The number of thioether (sulfide) groups is 1. The number of aliphatic hydroxyl groups is 1. The molecule has 2 aromatic rings. The summed E-state index contributed by atoms with van der Waals surface area (Å²) in [4.78, 5) is 2.11. The Labute approximate surface area is 169 Å². The first-order chi connectivity index (χ1) is 13.2. The van der Waals surface area contributed by atoms with Crippen LogP contribution < -0.4 is 5.32 Å². The molecule has 7 nitrogen and oxygen atoms in total. The SMILES string of the molecule is CSC(=S)C1=C(NCC(O)CN(Cn2cccn2)Cn2cccn2)CCC1. The molecule has 0 aromatic carbocycles. The van der Waals surface area contributed by atoms with Crippen LogP contribution in [-0.2, 0) is 13.3 Å². The minimum Gasteiger partial charge on any atom is -0.390 e. The molecule has 0 fully saturated rings. The molecule has 2 N–H and O–H groups in total. The van der Waals surface area contributed by atoms with Gasteiger partial charge >= 0.3 is 0 Å². The topological polar surface area (TPSA) is 71.1 Å². The van der Waals surface area contributed by atoms with E-state index in [1.165, 1.54) is 11.3 Å². The molecule has 146 valence electrons. The molecule has 0 spiro atoms. The van der Waals surface area contributed by atoms with E-state index in [2.05, 4.69) is 20.4 Å². The summed E-state index contributed by atoms with van der Waals surface area (Å²) in [5.41, 5.74) is 2.44. The van der Waals surface area contributed by atoms with E-state index in [0.717, 1.165) is 23.5 Å². The maximum Gasteiger partial charge on any atom is 0.0944 e. The van der Waals surface area contributed by atoms with Crippen LogP contribution in [0.5, 0.6) is 0 Å². The fourth-order valence-electron chi connectivity index (χ4n) is 3.23. The van der Waals surface area contributed by atoms with Crippen LogP contribution in [0.1, 0.15) is 19.3 Å². The lowest BCUT2D eigenvalue weighted by molar-refractivity contribution is 0.0688. The Balaban J connectivity index is 1.56. The van der Waals surface area contributed by atoms with Gasteiger partial charge in [0.05, 0.1) is 23.6 Å².